The molecule has 0 saturated carbocycles. The molecule has 0 unspecified atom stereocenters. The van der Waals surface area contributed by atoms with E-state index in [1.807, 2.05) is 6.07 Å². The average molecular weight is 855 g/mol. The van der Waals surface area contributed by atoms with Crippen molar-refractivity contribution in [2.75, 3.05) is 4.90 Å². The van der Waals surface area contributed by atoms with E-state index in [2.05, 4.69) is 258 Å². The summed E-state index contributed by atoms with van der Waals surface area (Å²) in [4.78, 5) is 2.35. The molecule has 2 aromatic heterocycles. The summed E-state index contributed by atoms with van der Waals surface area (Å²) < 4.78 is 9.17. The Morgan fingerprint density at radius 1 is 0.313 bits per heavy atom. The molecule has 11 aromatic carbocycles. The van der Waals surface area contributed by atoms with E-state index in [9.17, 15) is 0 Å². The van der Waals surface area contributed by atoms with E-state index < -0.39 is 0 Å². The Kier molecular flexibility index (Phi) is 9.17. The van der Waals surface area contributed by atoms with E-state index in [0.717, 1.165) is 61.1 Å². The number of para-hydroxylation sites is 3. The first kappa shape index (κ1) is 38.5. The molecule has 0 aliphatic carbocycles. The Morgan fingerprint density at radius 3 is 1.54 bits per heavy atom. The molecule has 0 fully saturated rings. The second-order valence-corrected chi connectivity index (χ2v) is 17.3. The van der Waals surface area contributed by atoms with Gasteiger partial charge in [0.05, 0.1) is 16.7 Å². The van der Waals surface area contributed by atoms with Crippen molar-refractivity contribution < 1.29 is 4.42 Å². The lowest BCUT2D eigenvalue weighted by Gasteiger charge is -2.27. The molecule has 67 heavy (non-hydrogen) atoms. The summed E-state index contributed by atoms with van der Waals surface area (Å²) in [6, 6.07) is 91.7. The van der Waals surface area contributed by atoms with Crippen LogP contribution < -0.4 is 4.90 Å². The lowest BCUT2D eigenvalue weighted by atomic mass is 9.97. The van der Waals surface area contributed by atoms with Crippen molar-refractivity contribution in [3.05, 3.63) is 255 Å². The molecule has 0 N–H and O–H groups in total. The number of fused-ring (bicyclic) bond motifs is 8. The Balaban J connectivity index is 0.830. The first-order valence-corrected chi connectivity index (χ1v) is 22.9. The van der Waals surface area contributed by atoms with Gasteiger partial charge in [0, 0.05) is 38.6 Å². The van der Waals surface area contributed by atoms with Gasteiger partial charge in [0.25, 0.3) is 0 Å². The van der Waals surface area contributed by atoms with Crippen LogP contribution in [0.25, 0.3) is 105 Å². The number of hydrogen-bond acceptors (Lipinski definition) is 2. The number of aromatic nitrogens is 1. The van der Waals surface area contributed by atoms with Gasteiger partial charge in [0.15, 0.2) is 5.58 Å². The van der Waals surface area contributed by atoms with Crippen LogP contribution in [-0.4, -0.2) is 4.57 Å². The molecule has 0 radical (unpaired) electrons. The first-order chi connectivity index (χ1) is 33.2. The molecule has 0 atom stereocenters. The minimum Gasteiger partial charge on any atom is -0.454 e. The van der Waals surface area contributed by atoms with E-state index in [4.69, 9.17) is 4.42 Å². The van der Waals surface area contributed by atoms with Crippen molar-refractivity contribution in [3.8, 4) is 50.2 Å². The molecule has 3 nitrogen and oxygen atoms in total. The maximum Gasteiger partial charge on any atom is 0.160 e. The fourth-order valence-electron chi connectivity index (χ4n) is 10.1. The second kappa shape index (κ2) is 16.0. The molecule has 2 heterocycles. The number of nitrogens with zero attached hydrogens (tertiary/aromatic N) is 2. The van der Waals surface area contributed by atoms with Gasteiger partial charge in [-0.3, -0.25) is 0 Å². The minimum atomic E-state index is 0.867. The number of anilines is 3. The van der Waals surface area contributed by atoms with Crippen molar-refractivity contribution >= 4 is 71.6 Å². The van der Waals surface area contributed by atoms with Gasteiger partial charge in [-0.05, 0) is 122 Å². The zero-order valence-electron chi connectivity index (χ0n) is 36.6. The van der Waals surface area contributed by atoms with Crippen LogP contribution >= 0.6 is 0 Å². The summed E-state index contributed by atoms with van der Waals surface area (Å²) in [6.45, 7) is 0. The number of benzene rings is 11. The fraction of sp³-hybridized carbons (Fsp3) is 0. The molecule has 13 aromatic rings. The number of hydrogen-bond donors (Lipinski definition) is 0. The standard InChI is InChI=1S/C64H42N2O/c1-3-14-43(15-4-1)49-17-13-20-54(40-49)65(61-42-51-16-7-8-21-55(51)63-57-23-10-12-25-62(57)67-64(61)63)53-37-34-47(35-38-53)46-28-26-44(27-29-46)45-30-32-48(33-31-45)50-36-39-60-58(41-50)56-22-9-11-24-59(56)66(60)52-18-5-2-6-19-52/h1-42H. The molecule has 0 aliphatic rings. The maximum atomic E-state index is 6.80. The highest BCUT2D eigenvalue weighted by molar-refractivity contribution is 6.23. The molecule has 0 spiro atoms. The van der Waals surface area contributed by atoms with E-state index in [1.54, 1.807) is 0 Å². The van der Waals surface area contributed by atoms with Crippen LogP contribution in [0.2, 0.25) is 0 Å². The van der Waals surface area contributed by atoms with E-state index in [0.29, 0.717) is 0 Å². The van der Waals surface area contributed by atoms with Crippen molar-refractivity contribution in [2.45, 2.75) is 0 Å². The highest BCUT2D eigenvalue weighted by Crippen LogP contribution is 2.46. The van der Waals surface area contributed by atoms with Gasteiger partial charge >= 0.3 is 0 Å². The molecule has 0 saturated heterocycles. The molecule has 314 valence electrons. The highest BCUT2D eigenvalue weighted by Gasteiger charge is 2.22. The van der Waals surface area contributed by atoms with E-state index >= 15 is 0 Å². The van der Waals surface area contributed by atoms with Crippen LogP contribution in [0.15, 0.2) is 259 Å². The Labute approximate surface area is 388 Å². The van der Waals surface area contributed by atoms with Gasteiger partial charge in [-0.15, -0.1) is 0 Å². The maximum absolute atomic E-state index is 6.80. The summed E-state index contributed by atoms with van der Waals surface area (Å²) in [7, 11) is 0. The van der Waals surface area contributed by atoms with Crippen LogP contribution in [0.1, 0.15) is 0 Å². The zero-order valence-corrected chi connectivity index (χ0v) is 36.6. The monoisotopic (exact) mass is 854 g/mol. The fourth-order valence-corrected chi connectivity index (χ4v) is 10.1. The van der Waals surface area contributed by atoms with Gasteiger partial charge < -0.3 is 13.9 Å². The third-order valence-corrected chi connectivity index (χ3v) is 13.4. The Bertz CT molecular complexity index is 3940. The quantitative estimate of drug-likeness (QED) is 0.152. The molecule has 3 heteroatoms. The zero-order chi connectivity index (χ0) is 44.3. The Morgan fingerprint density at radius 2 is 0.821 bits per heavy atom. The molecular formula is C64H42N2O. The SMILES string of the molecule is c1ccc(-c2cccc(N(c3ccc(-c4ccc(-c5ccc(-c6ccc7c(c6)c6ccccc6n7-c6ccccc6)cc5)cc4)cc3)c3cc4ccccc4c4c3oc3ccccc34)c2)cc1. The van der Waals surface area contributed by atoms with Crippen LogP contribution in [0.5, 0.6) is 0 Å². The summed E-state index contributed by atoms with van der Waals surface area (Å²) in [5.74, 6) is 0. The highest BCUT2D eigenvalue weighted by atomic mass is 16.3. The second-order valence-electron chi connectivity index (χ2n) is 17.3. The average Bonchev–Trinajstić information content (AvgIpc) is 3.96. The summed E-state index contributed by atoms with van der Waals surface area (Å²) in [6.07, 6.45) is 0. The third kappa shape index (κ3) is 6.67. The molecule has 13 rings (SSSR count). The van der Waals surface area contributed by atoms with Gasteiger partial charge in [0.1, 0.15) is 5.58 Å². The molecule has 0 aliphatic heterocycles. The van der Waals surface area contributed by atoms with Crippen molar-refractivity contribution in [1.82, 2.24) is 4.57 Å². The largest absolute Gasteiger partial charge is 0.454 e. The van der Waals surface area contributed by atoms with Crippen LogP contribution in [0.3, 0.4) is 0 Å². The van der Waals surface area contributed by atoms with Gasteiger partial charge in [-0.1, -0.05) is 188 Å². The van der Waals surface area contributed by atoms with E-state index in [1.165, 1.54) is 60.7 Å². The third-order valence-electron chi connectivity index (χ3n) is 13.4. The van der Waals surface area contributed by atoms with Gasteiger partial charge in [-0.25, -0.2) is 0 Å². The first-order valence-electron chi connectivity index (χ1n) is 22.9. The predicted octanol–water partition coefficient (Wildman–Crippen LogP) is 18.0. The van der Waals surface area contributed by atoms with Crippen molar-refractivity contribution in [2.24, 2.45) is 0 Å². The normalized spacial score (nSPS) is 11.6. The summed E-state index contributed by atoms with van der Waals surface area (Å²) in [5.41, 5.74) is 17.9. The lowest BCUT2D eigenvalue weighted by Crippen LogP contribution is -2.10. The smallest absolute Gasteiger partial charge is 0.160 e. The van der Waals surface area contributed by atoms with Gasteiger partial charge in [0.2, 0.25) is 0 Å². The minimum absolute atomic E-state index is 0.867. The van der Waals surface area contributed by atoms with E-state index in [-0.39, 0.29) is 0 Å². The van der Waals surface area contributed by atoms with Crippen LogP contribution in [0, 0.1) is 0 Å². The number of furan rings is 1. The van der Waals surface area contributed by atoms with Crippen LogP contribution in [-0.2, 0) is 0 Å². The molecule has 0 amide bonds. The summed E-state index contributed by atoms with van der Waals surface area (Å²) in [5, 5.41) is 7.10. The number of rotatable bonds is 8. The molecule has 0 bridgehead atoms. The lowest BCUT2D eigenvalue weighted by molar-refractivity contribution is 0.669. The van der Waals surface area contributed by atoms with Gasteiger partial charge in [-0.2, -0.15) is 0 Å². The van der Waals surface area contributed by atoms with Crippen LogP contribution in [0.4, 0.5) is 17.1 Å². The molecular weight excluding hydrogens is 813 g/mol. The predicted molar refractivity (Wildman–Crippen MR) is 282 cm³/mol. The Hall–Kier alpha value is -8.92. The summed E-state index contributed by atoms with van der Waals surface area (Å²) >= 11 is 0. The van der Waals surface area contributed by atoms with Crippen molar-refractivity contribution in [1.29, 1.82) is 0 Å². The topological polar surface area (TPSA) is 21.3 Å². The van der Waals surface area contributed by atoms with Crippen molar-refractivity contribution in [3.63, 3.8) is 0 Å².